The molecule has 2 unspecified atom stereocenters. The Labute approximate surface area is 139 Å². The average molecular weight is 328 g/mol. The maximum Gasteiger partial charge on any atom is 0.307 e. The maximum atomic E-state index is 12.0. The molecule has 126 valence electrons. The number of carboxylic acid groups (broad SMARTS) is 1. The molecule has 1 amide bonds. The Morgan fingerprint density at radius 2 is 1.96 bits per heavy atom. The van der Waals surface area contributed by atoms with Crippen molar-refractivity contribution in [1.82, 2.24) is 10.3 Å². The van der Waals surface area contributed by atoms with E-state index in [1.54, 1.807) is 6.26 Å². The highest BCUT2D eigenvalue weighted by Crippen LogP contribution is 2.34. The lowest BCUT2D eigenvalue weighted by atomic mass is 9.73. The van der Waals surface area contributed by atoms with Gasteiger partial charge in [-0.1, -0.05) is 17.7 Å². The van der Waals surface area contributed by atoms with Crippen molar-refractivity contribution in [3.05, 3.63) is 41.8 Å². The summed E-state index contributed by atoms with van der Waals surface area (Å²) in [5.41, 5.74) is 2.84. The van der Waals surface area contributed by atoms with Gasteiger partial charge in [0.25, 0.3) is 0 Å². The van der Waals surface area contributed by atoms with E-state index in [-0.39, 0.29) is 5.91 Å². The van der Waals surface area contributed by atoms with Gasteiger partial charge in [0.2, 0.25) is 11.8 Å². The van der Waals surface area contributed by atoms with Crippen LogP contribution in [0.3, 0.4) is 0 Å². The van der Waals surface area contributed by atoms with Gasteiger partial charge in [-0.3, -0.25) is 9.59 Å². The van der Waals surface area contributed by atoms with Gasteiger partial charge in [-0.2, -0.15) is 0 Å². The first-order valence-corrected chi connectivity index (χ1v) is 8.06. The van der Waals surface area contributed by atoms with Gasteiger partial charge < -0.3 is 14.8 Å². The SMILES string of the molecule is Cc1ccc(-c2nc(CCNC(=O)C3CCC3C(=O)O)co2)cc1. The van der Waals surface area contributed by atoms with E-state index in [1.807, 2.05) is 31.2 Å². The van der Waals surface area contributed by atoms with Crippen LogP contribution in [0.5, 0.6) is 0 Å². The molecule has 0 bridgehead atoms. The third-order valence-corrected chi connectivity index (χ3v) is 4.46. The topological polar surface area (TPSA) is 92.4 Å². The van der Waals surface area contributed by atoms with Gasteiger partial charge in [-0.25, -0.2) is 4.98 Å². The quantitative estimate of drug-likeness (QED) is 0.849. The molecule has 1 fully saturated rings. The fourth-order valence-corrected chi connectivity index (χ4v) is 2.80. The predicted molar refractivity (Wildman–Crippen MR) is 87.2 cm³/mol. The first kappa shape index (κ1) is 16.2. The van der Waals surface area contributed by atoms with Crippen LogP contribution < -0.4 is 5.32 Å². The average Bonchev–Trinajstić information content (AvgIpc) is 2.95. The Bertz CT molecular complexity index is 736. The molecular formula is C18H20N2O4. The molecule has 2 aromatic rings. The molecular weight excluding hydrogens is 308 g/mol. The minimum Gasteiger partial charge on any atom is -0.481 e. The van der Waals surface area contributed by atoms with Gasteiger partial charge in [-0.15, -0.1) is 0 Å². The van der Waals surface area contributed by atoms with Gasteiger partial charge in [0.1, 0.15) is 6.26 Å². The molecule has 1 heterocycles. The number of amides is 1. The van der Waals surface area contributed by atoms with E-state index in [1.165, 1.54) is 5.56 Å². The lowest BCUT2D eigenvalue weighted by molar-refractivity contribution is -0.152. The highest BCUT2D eigenvalue weighted by molar-refractivity contribution is 5.86. The molecule has 24 heavy (non-hydrogen) atoms. The number of carboxylic acids is 1. The summed E-state index contributed by atoms with van der Waals surface area (Å²) in [6.07, 6.45) is 3.36. The Balaban J connectivity index is 1.50. The number of carbonyl (C=O) groups excluding carboxylic acids is 1. The number of hydrogen-bond donors (Lipinski definition) is 2. The van der Waals surface area contributed by atoms with Crippen molar-refractivity contribution in [3.8, 4) is 11.5 Å². The van der Waals surface area contributed by atoms with E-state index in [0.29, 0.717) is 31.7 Å². The summed E-state index contributed by atoms with van der Waals surface area (Å²) in [6, 6.07) is 7.90. The predicted octanol–water partition coefficient (Wildman–Crippen LogP) is 2.42. The van der Waals surface area contributed by atoms with E-state index in [0.717, 1.165) is 11.3 Å². The van der Waals surface area contributed by atoms with Crippen LogP contribution in [0.4, 0.5) is 0 Å². The van der Waals surface area contributed by atoms with Crippen molar-refractivity contribution >= 4 is 11.9 Å². The number of aromatic nitrogens is 1. The Kier molecular flexibility index (Phi) is 4.64. The summed E-state index contributed by atoms with van der Waals surface area (Å²) < 4.78 is 5.47. The summed E-state index contributed by atoms with van der Waals surface area (Å²) in [5.74, 6) is -1.45. The van der Waals surface area contributed by atoms with Crippen LogP contribution in [-0.2, 0) is 16.0 Å². The summed E-state index contributed by atoms with van der Waals surface area (Å²) in [6.45, 7) is 2.44. The standard InChI is InChI=1S/C18H20N2O4/c1-11-2-4-12(5-3-11)17-20-13(10-24-17)8-9-19-16(21)14-6-7-15(14)18(22)23/h2-5,10,14-15H,6-9H2,1H3,(H,19,21)(H,22,23). The summed E-state index contributed by atoms with van der Waals surface area (Å²) in [5, 5.41) is 11.8. The molecule has 0 spiro atoms. The van der Waals surface area contributed by atoms with Crippen molar-refractivity contribution in [2.75, 3.05) is 6.54 Å². The lowest BCUT2D eigenvalue weighted by Crippen LogP contribution is -2.44. The second-order valence-corrected chi connectivity index (χ2v) is 6.18. The molecule has 0 saturated heterocycles. The molecule has 6 heteroatoms. The number of nitrogens with zero attached hydrogens (tertiary/aromatic N) is 1. The van der Waals surface area contributed by atoms with Crippen molar-refractivity contribution < 1.29 is 19.1 Å². The largest absolute Gasteiger partial charge is 0.481 e. The smallest absolute Gasteiger partial charge is 0.307 e. The number of oxazole rings is 1. The molecule has 0 radical (unpaired) electrons. The second-order valence-electron chi connectivity index (χ2n) is 6.18. The van der Waals surface area contributed by atoms with E-state index >= 15 is 0 Å². The first-order chi connectivity index (χ1) is 11.5. The molecule has 1 aliphatic rings. The lowest BCUT2D eigenvalue weighted by Gasteiger charge is -2.31. The summed E-state index contributed by atoms with van der Waals surface area (Å²) >= 11 is 0. The number of hydrogen-bond acceptors (Lipinski definition) is 4. The van der Waals surface area contributed by atoms with Crippen LogP contribution in [0, 0.1) is 18.8 Å². The molecule has 2 atom stereocenters. The van der Waals surface area contributed by atoms with Crippen LogP contribution in [0.2, 0.25) is 0 Å². The molecule has 0 aliphatic heterocycles. The molecule has 6 nitrogen and oxygen atoms in total. The van der Waals surface area contributed by atoms with Crippen molar-refractivity contribution in [2.45, 2.75) is 26.2 Å². The molecule has 1 saturated carbocycles. The number of aryl methyl sites for hydroxylation is 1. The zero-order valence-corrected chi connectivity index (χ0v) is 13.5. The molecule has 3 rings (SSSR count). The van der Waals surface area contributed by atoms with Crippen molar-refractivity contribution in [2.24, 2.45) is 11.8 Å². The molecule has 2 N–H and O–H groups in total. The third-order valence-electron chi connectivity index (χ3n) is 4.46. The summed E-state index contributed by atoms with van der Waals surface area (Å²) in [4.78, 5) is 27.3. The fourth-order valence-electron chi connectivity index (χ4n) is 2.80. The zero-order chi connectivity index (χ0) is 17.1. The zero-order valence-electron chi connectivity index (χ0n) is 13.5. The first-order valence-electron chi connectivity index (χ1n) is 8.06. The van der Waals surface area contributed by atoms with Crippen LogP contribution in [0.25, 0.3) is 11.5 Å². The van der Waals surface area contributed by atoms with Crippen LogP contribution >= 0.6 is 0 Å². The number of aliphatic carboxylic acids is 1. The molecule has 1 aromatic heterocycles. The van der Waals surface area contributed by atoms with Crippen LogP contribution in [0.1, 0.15) is 24.1 Å². The van der Waals surface area contributed by atoms with Crippen LogP contribution in [-0.4, -0.2) is 28.5 Å². The normalized spacial score (nSPS) is 19.5. The van der Waals surface area contributed by atoms with Gasteiger partial charge >= 0.3 is 5.97 Å². The molecule has 1 aromatic carbocycles. The Morgan fingerprint density at radius 1 is 1.25 bits per heavy atom. The van der Waals surface area contributed by atoms with Gasteiger partial charge in [0, 0.05) is 18.5 Å². The number of benzene rings is 1. The highest BCUT2D eigenvalue weighted by atomic mass is 16.4. The Hall–Kier alpha value is -2.63. The van der Waals surface area contributed by atoms with E-state index in [4.69, 9.17) is 9.52 Å². The number of rotatable bonds is 6. The van der Waals surface area contributed by atoms with Gasteiger partial charge in [0.05, 0.1) is 17.5 Å². The highest BCUT2D eigenvalue weighted by Gasteiger charge is 2.41. The Morgan fingerprint density at radius 3 is 2.58 bits per heavy atom. The van der Waals surface area contributed by atoms with Gasteiger partial charge in [0.15, 0.2) is 0 Å². The maximum absolute atomic E-state index is 12.0. The molecule has 1 aliphatic carbocycles. The monoisotopic (exact) mass is 328 g/mol. The second kappa shape index (κ2) is 6.86. The third kappa shape index (κ3) is 3.48. The van der Waals surface area contributed by atoms with Crippen molar-refractivity contribution in [3.63, 3.8) is 0 Å². The van der Waals surface area contributed by atoms with E-state index in [2.05, 4.69) is 10.3 Å². The fraction of sp³-hybridized carbons (Fsp3) is 0.389. The van der Waals surface area contributed by atoms with Gasteiger partial charge in [-0.05, 0) is 31.9 Å². The minimum atomic E-state index is -0.888. The van der Waals surface area contributed by atoms with E-state index in [9.17, 15) is 9.59 Å². The van der Waals surface area contributed by atoms with E-state index < -0.39 is 17.8 Å². The van der Waals surface area contributed by atoms with Crippen molar-refractivity contribution in [1.29, 1.82) is 0 Å². The number of nitrogens with one attached hydrogen (secondary N) is 1. The number of carbonyl (C=O) groups is 2. The van der Waals surface area contributed by atoms with Crippen LogP contribution in [0.15, 0.2) is 34.9 Å². The summed E-state index contributed by atoms with van der Waals surface area (Å²) in [7, 11) is 0. The minimum absolute atomic E-state index is 0.184.